The Morgan fingerprint density at radius 3 is 2.36 bits per heavy atom. The van der Waals surface area contributed by atoms with Crippen molar-refractivity contribution in [1.82, 2.24) is 0 Å². The number of ether oxygens (including phenoxy) is 2. The average molecular weight is 388 g/mol. The Bertz CT molecular complexity index is 270. The fourth-order valence-corrected chi connectivity index (χ4v) is 2.13. The van der Waals surface area contributed by atoms with Crippen molar-refractivity contribution in [3.63, 3.8) is 0 Å². The molecule has 0 aliphatic carbocycles. The standard InChI is InChI=1S/C11H15O2.Bi/c1-3-12-11(13-4-2)10-8-6-5-7-9-10;/h5-6,8-9,11H,3-4H2,1-2H3;. The molecule has 0 atom stereocenters. The first-order valence-corrected chi connectivity index (χ1v) is 6.54. The summed E-state index contributed by atoms with van der Waals surface area (Å²) in [4.78, 5) is 0. The minimum absolute atomic E-state index is 0.200. The molecule has 2 nitrogen and oxygen atoms in total. The third-order valence-corrected chi connectivity index (χ3v) is 2.86. The predicted octanol–water partition coefficient (Wildman–Crippen LogP) is 1.55. The Balaban J connectivity index is 2.75. The van der Waals surface area contributed by atoms with Gasteiger partial charge in [-0.1, -0.05) is 0 Å². The molecule has 0 aromatic heterocycles. The third-order valence-electron chi connectivity index (χ3n) is 1.78. The number of rotatable bonds is 5. The molecular weight excluding hydrogens is 373 g/mol. The summed E-state index contributed by atoms with van der Waals surface area (Å²) in [5.74, 6) is 0. The monoisotopic (exact) mass is 388 g/mol. The topological polar surface area (TPSA) is 18.5 Å². The van der Waals surface area contributed by atoms with Crippen LogP contribution in [0.15, 0.2) is 24.3 Å². The molecule has 0 saturated carbocycles. The van der Waals surface area contributed by atoms with Gasteiger partial charge in [0.15, 0.2) is 0 Å². The maximum atomic E-state index is 5.51. The van der Waals surface area contributed by atoms with Crippen LogP contribution in [0.25, 0.3) is 0 Å². The van der Waals surface area contributed by atoms with Crippen LogP contribution in [0.3, 0.4) is 0 Å². The van der Waals surface area contributed by atoms with Crippen molar-refractivity contribution in [3.8, 4) is 0 Å². The molecule has 0 N–H and O–H groups in total. The second-order valence-electron chi connectivity index (χ2n) is 2.84. The van der Waals surface area contributed by atoms with Crippen molar-refractivity contribution in [1.29, 1.82) is 0 Å². The van der Waals surface area contributed by atoms with E-state index in [1.54, 1.807) is 0 Å². The first kappa shape index (κ1) is 12.1. The van der Waals surface area contributed by atoms with Crippen LogP contribution in [0.2, 0.25) is 0 Å². The van der Waals surface area contributed by atoms with Gasteiger partial charge in [-0.05, 0) is 0 Å². The molecule has 1 aromatic rings. The molecule has 0 aliphatic heterocycles. The molecule has 0 fully saturated rings. The van der Waals surface area contributed by atoms with E-state index in [0.717, 1.165) is 5.56 Å². The Labute approximate surface area is 100 Å². The molecule has 0 amide bonds. The van der Waals surface area contributed by atoms with E-state index >= 15 is 0 Å². The molecule has 76 valence electrons. The van der Waals surface area contributed by atoms with Gasteiger partial charge < -0.3 is 0 Å². The molecule has 1 rings (SSSR count). The number of benzene rings is 1. The summed E-state index contributed by atoms with van der Waals surface area (Å²) in [5, 5.41) is 0. The summed E-state index contributed by atoms with van der Waals surface area (Å²) in [6.45, 7) is 5.31. The summed E-state index contributed by atoms with van der Waals surface area (Å²) >= 11 is 1.27. The van der Waals surface area contributed by atoms with Gasteiger partial charge in [0.2, 0.25) is 0 Å². The summed E-state index contributed by atoms with van der Waals surface area (Å²) in [5.41, 5.74) is 1.12. The van der Waals surface area contributed by atoms with Crippen LogP contribution in [-0.2, 0) is 9.47 Å². The van der Waals surface area contributed by atoms with Crippen molar-refractivity contribution in [2.75, 3.05) is 13.2 Å². The van der Waals surface area contributed by atoms with E-state index in [4.69, 9.17) is 9.47 Å². The van der Waals surface area contributed by atoms with E-state index < -0.39 is 0 Å². The van der Waals surface area contributed by atoms with Crippen molar-refractivity contribution >= 4 is 28.0 Å². The van der Waals surface area contributed by atoms with E-state index in [1.165, 1.54) is 28.0 Å². The Morgan fingerprint density at radius 1 is 1.21 bits per heavy atom. The normalized spacial score (nSPS) is 10.9. The third kappa shape index (κ3) is 3.64. The van der Waals surface area contributed by atoms with Crippen LogP contribution in [0.5, 0.6) is 0 Å². The van der Waals surface area contributed by atoms with Gasteiger partial charge in [0.1, 0.15) is 0 Å². The molecule has 0 spiro atoms. The summed E-state index contributed by atoms with van der Waals surface area (Å²) in [7, 11) is 0. The molecule has 0 aliphatic rings. The van der Waals surface area contributed by atoms with Crippen LogP contribution >= 0.6 is 0 Å². The molecule has 2 radical (unpaired) electrons. The fourth-order valence-electron chi connectivity index (χ4n) is 1.21. The average Bonchev–Trinajstić information content (AvgIpc) is 2.17. The second-order valence-corrected chi connectivity index (χ2v) is 4.85. The van der Waals surface area contributed by atoms with Gasteiger partial charge in [0.25, 0.3) is 0 Å². The van der Waals surface area contributed by atoms with Crippen LogP contribution in [-0.4, -0.2) is 37.9 Å². The molecule has 0 heterocycles. The van der Waals surface area contributed by atoms with E-state index in [0.29, 0.717) is 13.2 Å². The summed E-state index contributed by atoms with van der Waals surface area (Å²) in [6, 6.07) is 8.36. The Kier molecular flexibility index (Phi) is 5.61. The maximum absolute atomic E-state index is 5.51. The van der Waals surface area contributed by atoms with Crippen molar-refractivity contribution < 1.29 is 9.47 Å². The van der Waals surface area contributed by atoms with E-state index in [1.807, 2.05) is 19.9 Å². The molecular formula is C11H15BiO2. The summed E-state index contributed by atoms with van der Waals surface area (Å²) < 4.78 is 12.4. The molecule has 1 aromatic carbocycles. The molecule has 0 bridgehead atoms. The van der Waals surface area contributed by atoms with Gasteiger partial charge in [-0.15, -0.1) is 0 Å². The van der Waals surface area contributed by atoms with Crippen molar-refractivity contribution in [2.24, 2.45) is 0 Å². The zero-order valence-corrected chi connectivity index (χ0v) is 12.0. The quantitative estimate of drug-likeness (QED) is 0.563. The second kappa shape index (κ2) is 6.50. The Morgan fingerprint density at radius 2 is 1.86 bits per heavy atom. The fraction of sp³-hybridized carbons (Fsp3) is 0.455. The zero-order valence-electron chi connectivity index (χ0n) is 8.56. The number of hydrogen-bond acceptors (Lipinski definition) is 2. The van der Waals surface area contributed by atoms with E-state index in [9.17, 15) is 0 Å². The van der Waals surface area contributed by atoms with E-state index in [2.05, 4.69) is 18.2 Å². The predicted molar refractivity (Wildman–Crippen MR) is 57.8 cm³/mol. The van der Waals surface area contributed by atoms with Crippen molar-refractivity contribution in [2.45, 2.75) is 20.1 Å². The summed E-state index contributed by atoms with van der Waals surface area (Å²) in [6.07, 6.45) is -0.200. The Hall–Kier alpha value is 0.0231. The SMILES string of the molecule is CCOC(OCC)c1ccc[c]([Bi])c1. The van der Waals surface area contributed by atoms with Gasteiger partial charge in [-0.2, -0.15) is 0 Å². The van der Waals surface area contributed by atoms with Gasteiger partial charge >= 0.3 is 101 Å². The van der Waals surface area contributed by atoms with Crippen LogP contribution < -0.4 is 3.27 Å². The minimum atomic E-state index is -0.200. The van der Waals surface area contributed by atoms with Gasteiger partial charge in [-0.25, -0.2) is 0 Å². The zero-order chi connectivity index (χ0) is 10.4. The van der Waals surface area contributed by atoms with Crippen LogP contribution in [0, 0.1) is 0 Å². The van der Waals surface area contributed by atoms with Gasteiger partial charge in [0.05, 0.1) is 0 Å². The first-order valence-electron chi connectivity index (χ1n) is 4.80. The molecule has 14 heavy (non-hydrogen) atoms. The van der Waals surface area contributed by atoms with E-state index in [-0.39, 0.29) is 6.29 Å². The van der Waals surface area contributed by atoms with Crippen LogP contribution in [0.1, 0.15) is 25.7 Å². The molecule has 0 saturated heterocycles. The van der Waals surface area contributed by atoms with Crippen LogP contribution in [0.4, 0.5) is 0 Å². The first-order chi connectivity index (χ1) is 6.77. The van der Waals surface area contributed by atoms with Gasteiger partial charge in [-0.3, -0.25) is 0 Å². The van der Waals surface area contributed by atoms with Gasteiger partial charge in [0, 0.05) is 0 Å². The molecule has 3 heteroatoms. The molecule has 0 unspecified atom stereocenters. The number of hydrogen-bond donors (Lipinski definition) is 0. The van der Waals surface area contributed by atoms with Crippen molar-refractivity contribution in [3.05, 3.63) is 29.8 Å².